The number of rotatable bonds is 62. The average molecular weight is 1560 g/mol. The van der Waals surface area contributed by atoms with Crippen molar-refractivity contribution in [3.8, 4) is 22.6 Å². The topological polar surface area (TPSA) is 134 Å². The molecule has 4 unspecified atom stereocenters. The van der Waals surface area contributed by atoms with Gasteiger partial charge >= 0.3 is 0 Å². The molecule has 0 fully saturated rings. The van der Waals surface area contributed by atoms with Crippen LogP contribution in [0.2, 0.25) is 0 Å². The zero-order chi connectivity index (χ0) is 80.2. The maximum atomic E-state index is 15.9. The lowest BCUT2D eigenvalue weighted by Crippen LogP contribution is -2.34. The van der Waals surface area contributed by atoms with Gasteiger partial charge in [-0.05, 0) is 146 Å². The normalized spacial score (nSPS) is 15.7. The van der Waals surface area contributed by atoms with Gasteiger partial charge in [-0.2, -0.15) is 0 Å². The Morgan fingerprint density at radius 3 is 0.702 bits per heavy atom. The first-order valence-corrected chi connectivity index (χ1v) is 47.1. The van der Waals surface area contributed by atoms with Crippen LogP contribution >= 0.6 is 0 Å². The van der Waals surface area contributed by atoms with Crippen LogP contribution in [0.25, 0.3) is 56.2 Å². The molecule has 0 spiro atoms. The first-order valence-electron chi connectivity index (χ1n) is 47.1. The van der Waals surface area contributed by atoms with Crippen molar-refractivity contribution in [2.75, 3.05) is 26.2 Å². The van der Waals surface area contributed by atoms with E-state index < -0.39 is 0 Å². The van der Waals surface area contributed by atoms with Crippen molar-refractivity contribution in [2.45, 2.75) is 364 Å². The smallest absolute Gasteiger partial charge is 0.261 e. The van der Waals surface area contributed by atoms with Crippen LogP contribution in [-0.2, 0) is 19.2 Å². The lowest BCUT2D eigenvalue weighted by Gasteiger charge is -2.29. The van der Waals surface area contributed by atoms with Gasteiger partial charge in [0.25, 0.3) is 23.6 Å². The molecule has 0 N–H and O–H groups in total. The average Bonchev–Trinajstić information content (AvgIpc) is 1.56. The van der Waals surface area contributed by atoms with Crippen LogP contribution in [0.1, 0.15) is 387 Å². The Balaban J connectivity index is 0.994. The second-order valence-corrected chi connectivity index (χ2v) is 34.7. The van der Waals surface area contributed by atoms with E-state index >= 15 is 19.2 Å². The summed E-state index contributed by atoms with van der Waals surface area (Å²) in [5, 5.41) is 2.01. The maximum Gasteiger partial charge on any atom is 0.261 e. The van der Waals surface area contributed by atoms with Gasteiger partial charge in [0.1, 0.15) is 34.3 Å². The summed E-state index contributed by atoms with van der Waals surface area (Å²) in [5.41, 5.74) is 5.88. The molecule has 4 aliphatic rings. The van der Waals surface area contributed by atoms with Crippen molar-refractivity contribution in [3.05, 3.63) is 143 Å². The fourth-order valence-corrected chi connectivity index (χ4v) is 18.8. The van der Waals surface area contributed by atoms with Crippen molar-refractivity contribution in [2.24, 2.45) is 23.7 Å². The fourth-order valence-electron chi connectivity index (χ4n) is 18.8. The van der Waals surface area contributed by atoms with Crippen LogP contribution in [-0.4, -0.2) is 69.4 Å². The zero-order valence-corrected chi connectivity index (χ0v) is 72.4. The molecule has 0 aliphatic carbocycles. The van der Waals surface area contributed by atoms with E-state index in [1.807, 2.05) is 68.1 Å². The maximum absolute atomic E-state index is 15.9. The van der Waals surface area contributed by atoms with Crippen molar-refractivity contribution < 1.29 is 36.8 Å². The molecule has 0 saturated heterocycles. The second-order valence-electron chi connectivity index (χ2n) is 34.7. The van der Waals surface area contributed by atoms with Crippen molar-refractivity contribution >= 4 is 57.2 Å². The summed E-state index contributed by atoms with van der Waals surface area (Å²) in [5.74, 6) is 3.96. The summed E-state index contributed by atoms with van der Waals surface area (Å²) in [6.07, 6.45) is 59.3. The van der Waals surface area contributed by atoms with Crippen LogP contribution in [0.5, 0.6) is 0 Å². The van der Waals surface area contributed by atoms with E-state index in [0.29, 0.717) is 106 Å². The Morgan fingerprint density at radius 1 is 0.246 bits per heavy atom. The van der Waals surface area contributed by atoms with Gasteiger partial charge in [0.2, 0.25) is 0 Å². The number of amides is 4. The third-order valence-corrected chi connectivity index (χ3v) is 25.5. The summed E-state index contributed by atoms with van der Waals surface area (Å²) >= 11 is 0. The third-order valence-electron chi connectivity index (χ3n) is 25.5. The van der Waals surface area contributed by atoms with Gasteiger partial charge < -0.3 is 37.3 Å². The minimum absolute atomic E-state index is 0.139. The molecule has 2 aromatic carbocycles. The summed E-state index contributed by atoms with van der Waals surface area (Å²) in [7, 11) is 0. The molecule has 4 amide bonds. The fraction of sp³-hybridized carbons (Fsp3) is 0.627. The quantitative estimate of drug-likeness (QED) is 0.0345. The molecule has 0 saturated carbocycles. The number of nitrogens with zero attached hydrogens (tertiary/aromatic N) is 4. The van der Waals surface area contributed by atoms with Crippen LogP contribution in [0.3, 0.4) is 0 Å². The second kappa shape index (κ2) is 48.4. The van der Waals surface area contributed by atoms with Gasteiger partial charge in [0.05, 0.1) is 34.8 Å². The lowest BCUT2D eigenvalue weighted by molar-refractivity contribution is -0.124. The Kier molecular flexibility index (Phi) is 37.8. The summed E-state index contributed by atoms with van der Waals surface area (Å²) in [6.45, 7) is 20.2. The number of hydrogen-bond acceptors (Lipinski definition) is 8. The third kappa shape index (κ3) is 24.4. The largest absolute Gasteiger partial charge is 0.463 e. The molecular formula is C102H148N4O8. The van der Waals surface area contributed by atoms with Gasteiger partial charge in [-0.15, -0.1) is 0 Å². The molecule has 4 atom stereocenters. The van der Waals surface area contributed by atoms with Crippen LogP contribution < -0.4 is 0 Å². The summed E-state index contributed by atoms with van der Waals surface area (Å²) in [6, 6.07) is 28.4. The van der Waals surface area contributed by atoms with E-state index in [2.05, 4.69) is 91.8 Å². The predicted octanol–water partition coefficient (Wildman–Crippen LogP) is 29.5. The molecule has 0 radical (unpaired) electrons. The van der Waals surface area contributed by atoms with Crippen molar-refractivity contribution in [1.82, 2.24) is 19.6 Å². The Morgan fingerprint density at radius 2 is 0.465 bits per heavy atom. The number of benzene rings is 2. The standard InChI is InChI=1S/C102H148N4O8/c1-9-17-25-33-37-45-55-77(51-41-29-21-13-5)73-103-95(87-59-49-69-111-87)91-93(101(103)109)97(105(99(91)107)75-79(53-43-31-23-15-7)57-47-39-35-27-19-11-3)89-67-65-85(113-89)83-63-61-82-72-84(64-62-81(82)71-83)86-66-68-90(114-86)98-94-92(100(108)106(98)76-80(54-44-32-24-16-8)58-48-40-36-28-20-12-4)96(88-60-50-70-112-88)104(102(94)110)74-78(52-42-30-22-14-6)56-46-38-34-26-18-10-2/h49-50,59-72,77-80H,9-48,51-58,73-76H2,1-8H3. The molecule has 4 aromatic heterocycles. The zero-order valence-electron chi connectivity index (χ0n) is 72.4. The highest BCUT2D eigenvalue weighted by atomic mass is 16.4. The Hall–Kier alpha value is -7.34. The van der Waals surface area contributed by atoms with Gasteiger partial charge in [-0.1, -0.05) is 336 Å². The molecule has 4 aliphatic heterocycles. The summed E-state index contributed by atoms with van der Waals surface area (Å²) < 4.78 is 26.8. The minimum atomic E-state index is -0.139. The lowest BCUT2D eigenvalue weighted by atomic mass is 9.93. The molecule has 114 heavy (non-hydrogen) atoms. The highest BCUT2D eigenvalue weighted by Gasteiger charge is 2.53. The highest BCUT2D eigenvalue weighted by Crippen LogP contribution is 2.51. The van der Waals surface area contributed by atoms with Crippen molar-refractivity contribution in [3.63, 3.8) is 0 Å². The van der Waals surface area contributed by atoms with Crippen molar-refractivity contribution in [1.29, 1.82) is 0 Å². The Labute approximate surface area is 688 Å². The van der Waals surface area contributed by atoms with Gasteiger partial charge in [-0.3, -0.25) is 19.2 Å². The van der Waals surface area contributed by atoms with E-state index in [4.69, 9.17) is 17.7 Å². The predicted molar refractivity (Wildman–Crippen MR) is 472 cm³/mol. The van der Waals surface area contributed by atoms with Gasteiger partial charge in [0, 0.05) is 37.3 Å². The van der Waals surface area contributed by atoms with Gasteiger partial charge in [0.15, 0.2) is 23.0 Å². The summed E-state index contributed by atoms with van der Waals surface area (Å²) in [4.78, 5) is 71.4. The number of carbonyl (C=O) groups is 4. The highest BCUT2D eigenvalue weighted by molar-refractivity contribution is 6.31. The van der Waals surface area contributed by atoms with E-state index in [1.165, 1.54) is 193 Å². The minimum Gasteiger partial charge on any atom is -0.463 e. The van der Waals surface area contributed by atoms with E-state index in [1.54, 1.807) is 12.5 Å². The molecular weight excluding hydrogens is 1410 g/mol. The van der Waals surface area contributed by atoms with E-state index in [0.717, 1.165) is 137 Å². The molecule has 12 heteroatoms. The first kappa shape index (κ1) is 89.0. The number of unbranched alkanes of at least 4 members (excludes halogenated alkanes) is 32. The first-order chi connectivity index (χ1) is 56.0. The molecule has 10 rings (SSSR count). The number of hydrogen-bond donors (Lipinski definition) is 0. The van der Waals surface area contributed by atoms with E-state index in [9.17, 15) is 0 Å². The van der Waals surface area contributed by atoms with Gasteiger partial charge in [-0.25, -0.2) is 0 Å². The molecule has 12 nitrogen and oxygen atoms in total. The molecule has 6 aromatic rings. The van der Waals surface area contributed by atoms with Crippen LogP contribution in [0.15, 0.2) is 137 Å². The number of carbonyl (C=O) groups excluding carboxylic acids is 4. The Bertz CT molecular complexity index is 3750. The monoisotopic (exact) mass is 1560 g/mol. The van der Waals surface area contributed by atoms with Crippen LogP contribution in [0.4, 0.5) is 0 Å². The SMILES string of the molecule is CCCCCCCCC(CCCCCC)CN1C(=O)C2=C(c3ccc(-c4ccc5cc(-c6ccc(C7=C8C(=O)N(CC(CCCCCC)CCCCCCCC)C(c9ccco9)=C8C(=O)N7CC(CCCCCC)CCCCCCCC)o6)ccc5c4)o3)N(CC(CCCCCC)CCCCCCCC)C(=O)C2=C1c1ccco1. The molecule has 8 heterocycles. The van der Waals surface area contributed by atoms with E-state index in [-0.39, 0.29) is 47.3 Å². The van der Waals surface area contributed by atoms with Crippen LogP contribution in [0, 0.1) is 23.7 Å². The molecule has 624 valence electrons. The number of fused-ring (bicyclic) bond motifs is 3. The number of furan rings is 4. The molecule has 0 bridgehead atoms.